The monoisotopic (exact) mass is 280 g/mol. The van der Waals surface area contributed by atoms with E-state index in [0.29, 0.717) is 10.0 Å². The normalized spacial score (nSPS) is 12.3. The molecule has 1 unspecified atom stereocenters. The van der Waals surface area contributed by atoms with E-state index in [1.165, 1.54) is 19.2 Å². The Morgan fingerprint density at radius 1 is 1.57 bits per heavy atom. The summed E-state index contributed by atoms with van der Waals surface area (Å²) in [7, 11) is 1.23. The van der Waals surface area contributed by atoms with E-state index in [0.717, 1.165) is 0 Å². The molecule has 0 heterocycles. The van der Waals surface area contributed by atoms with Crippen molar-refractivity contribution in [3.8, 4) is 0 Å². The number of hydrogen-bond acceptors (Lipinski definition) is 2. The van der Waals surface area contributed by atoms with Gasteiger partial charge in [-0.05, 0) is 23.8 Å². The lowest BCUT2D eigenvalue weighted by molar-refractivity contribution is -0.140. The minimum atomic E-state index is -0.980. The lowest BCUT2D eigenvalue weighted by Crippen LogP contribution is -2.08. The molecule has 0 saturated carbocycles. The van der Waals surface area contributed by atoms with Gasteiger partial charge >= 0.3 is 5.97 Å². The second-order valence-electron chi connectivity index (χ2n) is 2.59. The van der Waals surface area contributed by atoms with Crippen LogP contribution in [0, 0.1) is 5.82 Å². The van der Waals surface area contributed by atoms with Crippen LogP contribution in [0.4, 0.5) is 4.39 Å². The van der Waals surface area contributed by atoms with E-state index in [1.54, 1.807) is 6.07 Å². The molecule has 1 atom stereocenters. The van der Waals surface area contributed by atoms with Gasteiger partial charge in [0.1, 0.15) is 5.82 Å². The minimum Gasteiger partial charge on any atom is -0.468 e. The molecule has 0 fully saturated rings. The van der Waals surface area contributed by atoms with E-state index in [2.05, 4.69) is 20.7 Å². The van der Waals surface area contributed by atoms with Crippen molar-refractivity contribution < 1.29 is 13.9 Å². The van der Waals surface area contributed by atoms with Crippen LogP contribution >= 0.6 is 27.5 Å². The first kappa shape index (κ1) is 11.5. The number of rotatable bonds is 2. The van der Waals surface area contributed by atoms with Crippen molar-refractivity contribution in [2.24, 2.45) is 0 Å². The Morgan fingerprint density at radius 3 is 2.71 bits per heavy atom. The summed E-state index contributed by atoms with van der Waals surface area (Å²) in [6.07, 6.45) is 0. The van der Waals surface area contributed by atoms with Crippen molar-refractivity contribution >= 4 is 33.5 Å². The first-order valence-electron chi connectivity index (χ1n) is 3.72. The highest BCUT2D eigenvalue weighted by Gasteiger charge is 2.19. The highest BCUT2D eigenvalue weighted by molar-refractivity contribution is 9.10. The molecule has 0 aromatic heterocycles. The smallest absolute Gasteiger partial charge is 0.328 e. The Balaban J connectivity index is 3.00. The van der Waals surface area contributed by atoms with Crippen molar-refractivity contribution in [2.45, 2.75) is 5.38 Å². The van der Waals surface area contributed by atoms with Gasteiger partial charge < -0.3 is 4.74 Å². The van der Waals surface area contributed by atoms with Gasteiger partial charge in [0.2, 0.25) is 0 Å². The SMILES string of the molecule is COC(=O)C(Cl)c1cc(F)cc(Br)c1. The number of carbonyl (C=O) groups is 1. The minimum absolute atomic E-state index is 0.366. The number of hydrogen-bond donors (Lipinski definition) is 0. The molecule has 1 aromatic carbocycles. The van der Waals surface area contributed by atoms with E-state index in [1.807, 2.05) is 0 Å². The van der Waals surface area contributed by atoms with Gasteiger partial charge in [-0.1, -0.05) is 15.9 Å². The summed E-state index contributed by atoms with van der Waals surface area (Å²) in [4.78, 5) is 11.0. The fourth-order valence-corrected chi connectivity index (χ4v) is 1.66. The fourth-order valence-electron chi connectivity index (χ4n) is 0.961. The van der Waals surface area contributed by atoms with Gasteiger partial charge in [-0.25, -0.2) is 4.39 Å². The zero-order valence-corrected chi connectivity index (χ0v) is 9.60. The second-order valence-corrected chi connectivity index (χ2v) is 3.94. The molecule has 0 aliphatic rings. The van der Waals surface area contributed by atoms with Gasteiger partial charge in [0.15, 0.2) is 5.38 Å². The number of halogens is 3. The number of esters is 1. The van der Waals surface area contributed by atoms with Crippen molar-refractivity contribution in [3.63, 3.8) is 0 Å². The van der Waals surface area contributed by atoms with Crippen LogP contribution in [0.1, 0.15) is 10.9 Å². The molecule has 0 bridgehead atoms. The highest BCUT2D eigenvalue weighted by atomic mass is 79.9. The second kappa shape index (κ2) is 4.75. The maximum atomic E-state index is 12.9. The largest absolute Gasteiger partial charge is 0.468 e. The third-order valence-electron chi connectivity index (χ3n) is 1.59. The number of benzene rings is 1. The summed E-state index contributed by atoms with van der Waals surface area (Å²) < 4.78 is 17.9. The van der Waals surface area contributed by atoms with Crippen LogP contribution in [-0.4, -0.2) is 13.1 Å². The quantitative estimate of drug-likeness (QED) is 0.615. The predicted molar refractivity (Wildman–Crippen MR) is 54.7 cm³/mol. The molecule has 0 radical (unpaired) electrons. The zero-order chi connectivity index (χ0) is 10.7. The maximum absolute atomic E-state index is 12.9. The molecule has 1 rings (SSSR count). The lowest BCUT2D eigenvalue weighted by atomic mass is 10.1. The van der Waals surface area contributed by atoms with Crippen LogP contribution < -0.4 is 0 Å². The van der Waals surface area contributed by atoms with E-state index in [-0.39, 0.29) is 0 Å². The average Bonchev–Trinajstić information content (AvgIpc) is 2.14. The van der Waals surface area contributed by atoms with Gasteiger partial charge in [-0.15, -0.1) is 11.6 Å². The summed E-state index contributed by atoms with van der Waals surface area (Å²) in [5, 5.41) is -0.980. The highest BCUT2D eigenvalue weighted by Crippen LogP contribution is 2.25. The molecule has 0 saturated heterocycles. The zero-order valence-electron chi connectivity index (χ0n) is 7.26. The Labute approximate surface area is 94.1 Å². The van der Waals surface area contributed by atoms with Gasteiger partial charge in [-0.3, -0.25) is 4.79 Å². The summed E-state index contributed by atoms with van der Waals surface area (Å²) >= 11 is 8.84. The first-order chi connectivity index (χ1) is 6.54. The molecule has 0 aliphatic heterocycles. The van der Waals surface area contributed by atoms with Crippen LogP contribution in [0.5, 0.6) is 0 Å². The number of alkyl halides is 1. The van der Waals surface area contributed by atoms with Crippen LogP contribution in [0.2, 0.25) is 0 Å². The van der Waals surface area contributed by atoms with E-state index >= 15 is 0 Å². The first-order valence-corrected chi connectivity index (χ1v) is 4.95. The third kappa shape index (κ3) is 2.69. The number of carbonyl (C=O) groups excluding carboxylic acids is 1. The van der Waals surface area contributed by atoms with Crippen molar-refractivity contribution in [2.75, 3.05) is 7.11 Å². The maximum Gasteiger partial charge on any atom is 0.328 e. The Morgan fingerprint density at radius 2 is 2.21 bits per heavy atom. The molecule has 5 heteroatoms. The van der Waals surface area contributed by atoms with Gasteiger partial charge in [0.25, 0.3) is 0 Å². The van der Waals surface area contributed by atoms with Crippen LogP contribution in [0.3, 0.4) is 0 Å². The third-order valence-corrected chi connectivity index (χ3v) is 2.47. The summed E-state index contributed by atoms with van der Waals surface area (Å²) in [6.45, 7) is 0. The number of ether oxygens (including phenoxy) is 1. The molecule has 0 N–H and O–H groups in total. The standard InChI is InChI=1S/C9H7BrClFO2/c1-14-9(13)8(11)5-2-6(10)4-7(12)3-5/h2-4,8H,1H3. The van der Waals surface area contributed by atoms with Gasteiger partial charge in [-0.2, -0.15) is 0 Å². The van der Waals surface area contributed by atoms with Gasteiger partial charge in [0, 0.05) is 4.47 Å². The van der Waals surface area contributed by atoms with Crippen LogP contribution in [0.15, 0.2) is 22.7 Å². The molecule has 1 aromatic rings. The topological polar surface area (TPSA) is 26.3 Å². The van der Waals surface area contributed by atoms with Crippen molar-refractivity contribution in [1.82, 2.24) is 0 Å². The molecular formula is C9H7BrClFO2. The van der Waals surface area contributed by atoms with Crippen LogP contribution in [0.25, 0.3) is 0 Å². The molecule has 14 heavy (non-hydrogen) atoms. The Bertz CT molecular complexity index is 336. The number of methoxy groups -OCH3 is 1. The van der Waals surface area contributed by atoms with Crippen molar-refractivity contribution in [1.29, 1.82) is 0 Å². The van der Waals surface area contributed by atoms with E-state index in [4.69, 9.17) is 11.6 Å². The summed E-state index contributed by atoms with van der Waals surface area (Å²) in [5.41, 5.74) is 0.366. The molecule has 0 aliphatic carbocycles. The predicted octanol–water partition coefficient (Wildman–Crippen LogP) is 3.04. The fraction of sp³-hybridized carbons (Fsp3) is 0.222. The molecule has 0 amide bonds. The molecule has 76 valence electrons. The van der Waals surface area contributed by atoms with Crippen molar-refractivity contribution in [3.05, 3.63) is 34.1 Å². The Kier molecular flexibility index (Phi) is 3.89. The average molecular weight is 282 g/mol. The van der Waals surface area contributed by atoms with E-state index in [9.17, 15) is 9.18 Å². The molecule has 0 spiro atoms. The summed E-state index contributed by atoms with van der Waals surface area (Å²) in [6, 6.07) is 4.04. The summed E-state index contributed by atoms with van der Waals surface area (Å²) in [5.74, 6) is -1.06. The van der Waals surface area contributed by atoms with Crippen LogP contribution in [-0.2, 0) is 9.53 Å². The Hall–Kier alpha value is -0.610. The molecular weight excluding hydrogens is 274 g/mol. The van der Waals surface area contributed by atoms with E-state index < -0.39 is 17.2 Å². The molecule has 2 nitrogen and oxygen atoms in total. The lowest BCUT2D eigenvalue weighted by Gasteiger charge is -2.07. The van der Waals surface area contributed by atoms with Gasteiger partial charge in [0.05, 0.1) is 7.11 Å².